The highest BCUT2D eigenvalue weighted by atomic mass is 16.5. The second-order valence-electron chi connectivity index (χ2n) is 13.3. The van der Waals surface area contributed by atoms with Crippen molar-refractivity contribution in [3.05, 3.63) is 65.9 Å². The van der Waals surface area contributed by atoms with E-state index >= 15 is 0 Å². The molecule has 0 saturated carbocycles. The molecule has 0 bridgehead atoms. The average Bonchev–Trinajstić information content (AvgIpc) is 3.19. The van der Waals surface area contributed by atoms with Gasteiger partial charge < -0.3 is 52.6 Å². The van der Waals surface area contributed by atoms with Gasteiger partial charge in [-0.1, -0.05) is 10.8 Å². The number of hydrogen-bond acceptors (Lipinski definition) is 17. The monoisotopic (exact) mass is 745 g/mol. The van der Waals surface area contributed by atoms with Crippen molar-refractivity contribution >= 4 is 35.3 Å². The van der Waals surface area contributed by atoms with Gasteiger partial charge in [0.25, 0.3) is 0 Å². The summed E-state index contributed by atoms with van der Waals surface area (Å²) < 4.78 is 1.17. The molecule has 4 aromatic heterocycles. The van der Waals surface area contributed by atoms with E-state index in [1.54, 1.807) is 12.3 Å². The molecule has 18 nitrogen and oxygen atoms in total. The fraction of sp³-hybridized carbons (Fsp3) is 0.528. The summed E-state index contributed by atoms with van der Waals surface area (Å²) in [4.78, 5) is 34.2. The number of aryl methyl sites for hydroxylation is 3. The van der Waals surface area contributed by atoms with Gasteiger partial charge in [-0.15, -0.1) is 0 Å². The van der Waals surface area contributed by atoms with Gasteiger partial charge in [0.05, 0.1) is 13.1 Å². The summed E-state index contributed by atoms with van der Waals surface area (Å²) >= 11 is 0. The van der Waals surface area contributed by atoms with Gasteiger partial charge in [-0.25, -0.2) is 19.9 Å². The van der Waals surface area contributed by atoms with Gasteiger partial charge in [-0.05, 0) is 39.0 Å². The Kier molecular flexibility index (Phi) is 15.5. The molecule has 8 rings (SSSR count). The molecule has 0 unspecified atom stereocenters. The molecule has 4 aromatic rings. The van der Waals surface area contributed by atoms with Gasteiger partial charge in [-0.2, -0.15) is 9.97 Å². The predicted octanol–water partition coefficient (Wildman–Crippen LogP) is -0.631. The van der Waals surface area contributed by atoms with Crippen LogP contribution in [-0.4, -0.2) is 140 Å². The zero-order valence-corrected chi connectivity index (χ0v) is 32.0. The largest absolute Gasteiger partial charge is 0.383 e. The van der Waals surface area contributed by atoms with Gasteiger partial charge in [0.15, 0.2) is 0 Å². The second-order valence-corrected chi connectivity index (χ2v) is 13.3. The molecule has 0 spiro atoms. The first kappa shape index (κ1) is 40.0. The molecule has 0 aliphatic carbocycles. The number of aromatic nitrogens is 7. The smallest absolute Gasteiger partial charge is 0.316 e. The lowest BCUT2D eigenvalue weighted by molar-refractivity contribution is -0.894. The molecule has 8 heterocycles. The van der Waals surface area contributed by atoms with Crippen LogP contribution in [0.3, 0.4) is 0 Å². The van der Waals surface area contributed by atoms with Crippen LogP contribution in [0.25, 0.3) is 0 Å². The molecule has 4 aliphatic rings. The Balaban J connectivity index is 0.000000139. The molecular weight excluding hydrogens is 687 g/mol. The summed E-state index contributed by atoms with van der Waals surface area (Å²) in [5.74, 6) is 4.08. The lowest BCUT2D eigenvalue weighted by Gasteiger charge is -2.28. The molecule has 0 atom stereocenters. The van der Waals surface area contributed by atoms with Gasteiger partial charge in [0.2, 0.25) is 17.8 Å². The normalized spacial score (nSPS) is 17.2. The van der Waals surface area contributed by atoms with E-state index in [1.807, 2.05) is 57.3 Å². The Bertz CT molecular complexity index is 1600. The zero-order valence-electron chi connectivity index (χ0n) is 32.0. The van der Waals surface area contributed by atoms with E-state index in [4.69, 9.17) is 11.5 Å². The van der Waals surface area contributed by atoms with Crippen LogP contribution in [0.15, 0.2) is 48.8 Å². The molecule has 0 aromatic carbocycles. The zero-order chi connectivity index (χ0) is 38.1. The summed E-state index contributed by atoms with van der Waals surface area (Å²) in [5, 5.41) is 22.7. The van der Waals surface area contributed by atoms with Gasteiger partial charge in [0.1, 0.15) is 17.8 Å². The topological polar surface area (TPSA) is 215 Å². The van der Waals surface area contributed by atoms with Crippen LogP contribution in [0.4, 0.5) is 35.3 Å². The Morgan fingerprint density at radius 3 is 1.59 bits per heavy atom. The van der Waals surface area contributed by atoms with Crippen molar-refractivity contribution in [3.63, 3.8) is 0 Å². The van der Waals surface area contributed by atoms with Gasteiger partial charge in [0, 0.05) is 127 Å². The summed E-state index contributed by atoms with van der Waals surface area (Å²) in [6.07, 6.45) is 3.47. The maximum Gasteiger partial charge on any atom is 0.316 e. The number of anilines is 6. The first-order valence-corrected chi connectivity index (χ1v) is 18.8. The maximum atomic E-state index is 9.52. The molecule has 292 valence electrons. The van der Waals surface area contributed by atoms with Crippen LogP contribution in [0.2, 0.25) is 0 Å². The van der Waals surface area contributed by atoms with E-state index in [-0.39, 0.29) is 5.95 Å². The van der Waals surface area contributed by atoms with Crippen LogP contribution in [0.5, 0.6) is 0 Å². The third-order valence-corrected chi connectivity index (χ3v) is 9.00. The van der Waals surface area contributed by atoms with Crippen molar-refractivity contribution in [2.45, 2.75) is 20.8 Å². The van der Waals surface area contributed by atoms with E-state index in [0.29, 0.717) is 5.82 Å². The highest BCUT2D eigenvalue weighted by molar-refractivity contribution is 5.50. The Labute approximate surface area is 318 Å². The van der Waals surface area contributed by atoms with Gasteiger partial charge >= 0.3 is 5.82 Å². The number of nitrogens with zero attached hydrogens (tertiary/aromatic N) is 11. The van der Waals surface area contributed by atoms with Crippen molar-refractivity contribution in [2.24, 2.45) is 0 Å². The Morgan fingerprint density at radius 2 is 1.07 bits per heavy atom. The summed E-state index contributed by atoms with van der Waals surface area (Å²) in [6, 6.07) is 11.3. The first-order valence-electron chi connectivity index (χ1n) is 18.8. The number of pyridine rings is 1. The highest BCUT2D eigenvalue weighted by Crippen LogP contribution is 2.15. The minimum Gasteiger partial charge on any atom is -0.383 e. The van der Waals surface area contributed by atoms with Crippen molar-refractivity contribution in [2.75, 3.05) is 136 Å². The summed E-state index contributed by atoms with van der Waals surface area (Å²) in [6.45, 7) is 21.8. The van der Waals surface area contributed by atoms with Crippen molar-refractivity contribution < 1.29 is 9.94 Å². The number of rotatable bonds is 4. The third-order valence-electron chi connectivity index (χ3n) is 9.00. The molecule has 18 heteroatoms. The van der Waals surface area contributed by atoms with Crippen LogP contribution >= 0.6 is 0 Å². The molecule has 4 fully saturated rings. The molecule has 54 heavy (non-hydrogen) atoms. The van der Waals surface area contributed by atoms with Gasteiger partial charge in [-0.3, -0.25) is 4.90 Å². The molecule has 4 aliphatic heterocycles. The summed E-state index contributed by atoms with van der Waals surface area (Å²) in [5.41, 5.74) is 14.2. The number of piperazine rings is 4. The average molecular weight is 745 g/mol. The quantitative estimate of drug-likeness (QED) is 0.102. The lowest BCUT2D eigenvalue weighted by Crippen LogP contribution is -2.49. The molecule has 9 N–H and O–H groups in total. The standard InChI is InChI=1S/C10H16N4.C9H14N4.C9H14N3O.C8H14N6/c1-8-7-9(2)13-10(12-8)14-5-3-11-4-6-14;1-8-2-3-11-9(12-8)13-6-4-10-5-7-13;13-12-6-2-1-3-9(12)11-7-4-10-5-8-11;9-6-5-7(13-8(10)12-6)14-3-1-11-2-4-14/h7,11H,3-6H2,1-2H3;2-3,10H,4-7H2,1H3;1-3,6,10,13H,4-5,7-8H2;5,11H,1-4H2,(H4,9,10,12,13)/q;;+1;. The second kappa shape index (κ2) is 20.9. The van der Waals surface area contributed by atoms with Crippen molar-refractivity contribution in [1.82, 2.24) is 51.2 Å². The lowest BCUT2D eigenvalue weighted by atomic mass is 10.3. The molecule has 4 saturated heterocycles. The Morgan fingerprint density at radius 1 is 0.574 bits per heavy atom. The van der Waals surface area contributed by atoms with Crippen molar-refractivity contribution in [1.29, 1.82) is 0 Å². The number of nitrogen functional groups attached to an aromatic ring is 2. The van der Waals surface area contributed by atoms with E-state index in [9.17, 15) is 5.21 Å². The van der Waals surface area contributed by atoms with E-state index < -0.39 is 0 Å². The van der Waals surface area contributed by atoms with E-state index in [1.165, 1.54) is 4.73 Å². The van der Waals surface area contributed by atoms with E-state index in [2.05, 4.69) is 70.8 Å². The number of nitrogens with one attached hydrogen (secondary N) is 4. The van der Waals surface area contributed by atoms with E-state index in [0.717, 1.165) is 145 Å². The van der Waals surface area contributed by atoms with Crippen LogP contribution in [0, 0.1) is 20.8 Å². The van der Waals surface area contributed by atoms with Crippen LogP contribution in [-0.2, 0) is 0 Å². The minimum atomic E-state index is 0.235. The van der Waals surface area contributed by atoms with Crippen LogP contribution < -0.4 is 57.1 Å². The summed E-state index contributed by atoms with van der Waals surface area (Å²) in [7, 11) is 0. The molecule has 0 amide bonds. The highest BCUT2D eigenvalue weighted by Gasteiger charge is 2.21. The van der Waals surface area contributed by atoms with Crippen molar-refractivity contribution in [3.8, 4) is 0 Å². The molecular formula is C36H58N17O+. The number of nitrogens with two attached hydrogens (primary N) is 2. The number of hydrogen-bond donors (Lipinski definition) is 7. The van der Waals surface area contributed by atoms with Crippen LogP contribution in [0.1, 0.15) is 17.1 Å². The SMILES string of the molecule is Cc1cc(C)nc(N2CCNCC2)n1.Cc1ccnc(N2CCNCC2)n1.Nc1cc(N2CCNCC2)nc(N)n1.O[n+]1ccccc1N1CCNCC1. The predicted molar refractivity (Wildman–Crippen MR) is 213 cm³/mol. The maximum absolute atomic E-state index is 9.52. The fourth-order valence-electron chi connectivity index (χ4n) is 6.26. The third kappa shape index (κ3) is 12.8. The molecule has 0 radical (unpaired) electrons. The fourth-order valence-corrected chi connectivity index (χ4v) is 6.26. The minimum absolute atomic E-state index is 0.235. The Hall–Kier alpha value is -5.17. The first-order chi connectivity index (χ1) is 26.2.